The molecule has 0 bridgehead atoms. The van der Waals surface area contributed by atoms with Crippen molar-refractivity contribution in [1.82, 2.24) is 9.88 Å². The summed E-state index contributed by atoms with van der Waals surface area (Å²) < 4.78 is 4.84. The molecule has 0 unspecified atom stereocenters. The van der Waals surface area contributed by atoms with Gasteiger partial charge in [0.1, 0.15) is 5.82 Å². The molecule has 2 aliphatic carbocycles. The van der Waals surface area contributed by atoms with E-state index in [-0.39, 0.29) is 24.0 Å². The summed E-state index contributed by atoms with van der Waals surface area (Å²) in [7, 11) is 3.17. The highest BCUT2D eigenvalue weighted by molar-refractivity contribution is 5.92. The number of pyridine rings is 1. The first-order valence-electron chi connectivity index (χ1n) is 14.4. The first-order chi connectivity index (χ1) is 19.6. The molecule has 0 aliphatic heterocycles. The van der Waals surface area contributed by atoms with Crippen molar-refractivity contribution in [2.24, 2.45) is 11.7 Å². The number of hydrogen-bond acceptors (Lipinski definition) is 6. The monoisotopic (exact) mass is 556 g/mol. The molecule has 2 amide bonds. The third kappa shape index (κ3) is 6.44. The summed E-state index contributed by atoms with van der Waals surface area (Å²) in [5.41, 5.74) is 10.3. The van der Waals surface area contributed by atoms with Gasteiger partial charge in [-0.25, -0.2) is 9.78 Å². The first kappa shape index (κ1) is 28.8. The molecule has 2 saturated carbocycles. The summed E-state index contributed by atoms with van der Waals surface area (Å²) in [5, 5.41) is 13.2. The number of aliphatic hydroxyl groups is 1. The van der Waals surface area contributed by atoms with Gasteiger partial charge in [0, 0.05) is 36.8 Å². The standard InChI is InChI=1S/C33H40N4O4/c1-32(40)20-33(34,21-32)25-13-11-24(12-14-25)28-19-35-29(18-27(28)23-7-5-4-6-8-23)36-30(38)17-22-9-15-26(16-10-22)37(2)31(39)41-3/h4-8,11-14,18-19,22,26,40H,9-10,15-17,20-21,34H2,1-3H3,(H,35,36,38)/t22-,26-,32-,33-. The number of rotatable bonds is 7. The minimum atomic E-state index is -0.710. The number of carbonyl (C=O) groups is 2. The number of carbonyl (C=O) groups excluding carboxylic acids is 2. The maximum atomic E-state index is 13.0. The number of nitrogens with zero attached hydrogens (tertiary/aromatic N) is 2. The van der Waals surface area contributed by atoms with Gasteiger partial charge in [0.05, 0.1) is 12.7 Å². The molecular formula is C33H40N4O4. The summed E-state index contributed by atoms with van der Waals surface area (Å²) >= 11 is 0. The zero-order valence-electron chi connectivity index (χ0n) is 24.1. The fraction of sp³-hybridized carbons (Fsp3) is 0.424. The Kier molecular flexibility index (Phi) is 8.16. The molecule has 5 rings (SSSR count). The topological polar surface area (TPSA) is 118 Å². The lowest BCUT2D eigenvalue weighted by Gasteiger charge is -2.49. The van der Waals surface area contributed by atoms with E-state index in [1.807, 2.05) is 73.8 Å². The highest BCUT2D eigenvalue weighted by Gasteiger charge is 2.49. The lowest BCUT2D eigenvalue weighted by molar-refractivity contribution is -0.117. The van der Waals surface area contributed by atoms with Gasteiger partial charge in [-0.05, 0) is 79.7 Å². The maximum Gasteiger partial charge on any atom is 0.409 e. The van der Waals surface area contributed by atoms with Crippen molar-refractivity contribution in [2.45, 2.75) is 69.1 Å². The van der Waals surface area contributed by atoms with Gasteiger partial charge in [0.2, 0.25) is 5.91 Å². The summed E-state index contributed by atoms with van der Waals surface area (Å²) in [4.78, 5) is 31.1. The van der Waals surface area contributed by atoms with Crippen LogP contribution in [0.3, 0.4) is 0 Å². The van der Waals surface area contributed by atoms with Gasteiger partial charge in [-0.15, -0.1) is 0 Å². The van der Waals surface area contributed by atoms with Crippen LogP contribution >= 0.6 is 0 Å². The fourth-order valence-corrected chi connectivity index (χ4v) is 6.59. The van der Waals surface area contributed by atoms with Crippen molar-refractivity contribution >= 4 is 17.8 Å². The SMILES string of the molecule is COC(=O)N(C)[C@H]1CC[C@H](CC(=O)Nc2cc(-c3ccccc3)c(-c3ccc([C@]4(N)C[C@](C)(O)C4)cc3)cn2)CC1. The van der Waals surface area contributed by atoms with Gasteiger partial charge < -0.3 is 25.8 Å². The van der Waals surface area contributed by atoms with E-state index in [1.165, 1.54) is 7.11 Å². The van der Waals surface area contributed by atoms with Crippen molar-refractivity contribution in [3.63, 3.8) is 0 Å². The summed E-state index contributed by atoms with van der Waals surface area (Å²) in [6.45, 7) is 1.82. The molecule has 8 nitrogen and oxygen atoms in total. The largest absolute Gasteiger partial charge is 0.453 e. The molecule has 0 atom stereocenters. The van der Waals surface area contributed by atoms with E-state index >= 15 is 0 Å². The number of amides is 2. The van der Waals surface area contributed by atoms with Crippen LogP contribution in [0.5, 0.6) is 0 Å². The van der Waals surface area contributed by atoms with E-state index in [0.717, 1.165) is 53.5 Å². The Hall–Kier alpha value is -3.75. The van der Waals surface area contributed by atoms with Gasteiger partial charge in [-0.1, -0.05) is 54.6 Å². The van der Waals surface area contributed by atoms with E-state index in [4.69, 9.17) is 10.5 Å². The average molecular weight is 557 g/mol. The smallest absolute Gasteiger partial charge is 0.409 e. The fourth-order valence-electron chi connectivity index (χ4n) is 6.59. The van der Waals surface area contributed by atoms with Crippen LogP contribution in [0.2, 0.25) is 0 Å². The third-order valence-corrected chi connectivity index (χ3v) is 8.72. The summed E-state index contributed by atoms with van der Waals surface area (Å²) in [5.74, 6) is 0.739. The number of anilines is 1. The predicted octanol–water partition coefficient (Wildman–Crippen LogP) is 5.70. The van der Waals surface area contributed by atoms with E-state index in [0.29, 0.717) is 25.1 Å². The summed E-state index contributed by atoms with van der Waals surface area (Å²) in [6.07, 6.45) is 6.49. The van der Waals surface area contributed by atoms with Crippen molar-refractivity contribution in [1.29, 1.82) is 0 Å². The Morgan fingerprint density at radius 1 is 1.02 bits per heavy atom. The number of nitrogens with two attached hydrogens (primary N) is 1. The summed E-state index contributed by atoms with van der Waals surface area (Å²) in [6, 6.07) is 20.3. The molecule has 2 aliphatic rings. The average Bonchev–Trinajstić information content (AvgIpc) is 2.96. The van der Waals surface area contributed by atoms with E-state index < -0.39 is 11.1 Å². The number of ether oxygens (including phenoxy) is 1. The minimum Gasteiger partial charge on any atom is -0.453 e. The molecule has 8 heteroatoms. The van der Waals surface area contributed by atoms with E-state index in [2.05, 4.69) is 10.3 Å². The molecule has 0 saturated heterocycles. The van der Waals surface area contributed by atoms with Crippen LogP contribution in [-0.2, 0) is 15.1 Å². The van der Waals surface area contributed by atoms with Gasteiger partial charge in [-0.2, -0.15) is 0 Å². The Morgan fingerprint density at radius 3 is 2.27 bits per heavy atom. The molecule has 3 aromatic rings. The Bertz CT molecular complexity index is 1370. The van der Waals surface area contributed by atoms with Crippen LogP contribution in [0.15, 0.2) is 66.9 Å². The number of aromatic nitrogens is 1. The molecule has 4 N–H and O–H groups in total. The zero-order chi connectivity index (χ0) is 29.2. The van der Waals surface area contributed by atoms with Crippen molar-refractivity contribution in [3.05, 3.63) is 72.4 Å². The number of benzene rings is 2. The van der Waals surface area contributed by atoms with E-state index in [9.17, 15) is 14.7 Å². The highest BCUT2D eigenvalue weighted by atomic mass is 16.5. The van der Waals surface area contributed by atoms with Crippen LogP contribution in [-0.4, -0.2) is 52.8 Å². The van der Waals surface area contributed by atoms with Crippen molar-refractivity contribution in [2.75, 3.05) is 19.5 Å². The van der Waals surface area contributed by atoms with Crippen molar-refractivity contribution in [3.8, 4) is 22.3 Å². The molecule has 1 heterocycles. The second-order valence-corrected chi connectivity index (χ2v) is 12.1. The van der Waals surface area contributed by atoms with E-state index in [1.54, 1.807) is 11.9 Å². The molecule has 2 fully saturated rings. The highest BCUT2D eigenvalue weighted by Crippen LogP contribution is 2.46. The molecule has 216 valence electrons. The van der Waals surface area contributed by atoms with Crippen molar-refractivity contribution < 1.29 is 19.4 Å². The maximum absolute atomic E-state index is 13.0. The lowest BCUT2D eigenvalue weighted by Crippen LogP contribution is -2.58. The van der Waals surface area contributed by atoms with Gasteiger partial charge in [-0.3, -0.25) is 4.79 Å². The number of nitrogens with one attached hydrogen (secondary N) is 1. The van der Waals surface area contributed by atoms with Crippen LogP contribution in [0, 0.1) is 5.92 Å². The Morgan fingerprint density at radius 2 is 1.66 bits per heavy atom. The lowest BCUT2D eigenvalue weighted by atomic mass is 9.63. The van der Waals surface area contributed by atoms with Crippen LogP contribution in [0.4, 0.5) is 10.6 Å². The van der Waals surface area contributed by atoms with Crippen LogP contribution in [0.1, 0.15) is 57.4 Å². The molecular weight excluding hydrogens is 516 g/mol. The van der Waals surface area contributed by atoms with Crippen LogP contribution in [0.25, 0.3) is 22.3 Å². The second kappa shape index (κ2) is 11.6. The zero-order valence-corrected chi connectivity index (χ0v) is 24.1. The first-order valence-corrected chi connectivity index (χ1v) is 14.4. The van der Waals surface area contributed by atoms with Gasteiger partial charge in [0.25, 0.3) is 0 Å². The second-order valence-electron chi connectivity index (χ2n) is 12.1. The Balaban J connectivity index is 1.29. The minimum absolute atomic E-state index is 0.0528. The molecule has 1 aromatic heterocycles. The predicted molar refractivity (Wildman–Crippen MR) is 160 cm³/mol. The van der Waals surface area contributed by atoms with Gasteiger partial charge >= 0.3 is 6.09 Å². The number of methoxy groups -OCH3 is 1. The van der Waals surface area contributed by atoms with Crippen LogP contribution < -0.4 is 11.1 Å². The molecule has 0 radical (unpaired) electrons. The van der Waals surface area contributed by atoms with Gasteiger partial charge in [0.15, 0.2) is 0 Å². The quantitative estimate of drug-likeness (QED) is 0.344. The Labute approximate surface area is 241 Å². The molecule has 2 aromatic carbocycles. The number of hydrogen-bond donors (Lipinski definition) is 3. The third-order valence-electron chi connectivity index (χ3n) is 8.72. The normalized spacial score (nSPS) is 25.6. The molecule has 0 spiro atoms. The molecule has 41 heavy (non-hydrogen) atoms.